The van der Waals surface area contributed by atoms with E-state index in [0.717, 1.165) is 31.5 Å². The number of para-hydroxylation sites is 1. The van der Waals surface area contributed by atoms with Crippen LogP contribution in [0, 0.1) is 0 Å². The molecular weight excluding hydrogens is 364 g/mol. The molecule has 5 heteroatoms. The Labute approximate surface area is 176 Å². The average Bonchev–Trinajstić information content (AvgIpc) is 2.71. The topological polar surface area (TPSA) is 78.4 Å². The Morgan fingerprint density at radius 2 is 1.59 bits per heavy atom. The Morgan fingerprint density at radius 3 is 2.28 bits per heavy atom. The van der Waals surface area contributed by atoms with Crippen molar-refractivity contribution >= 4 is 17.6 Å². The molecule has 0 fully saturated rings. The first-order chi connectivity index (χ1) is 14.1. The lowest BCUT2D eigenvalue weighted by Crippen LogP contribution is -2.38. The lowest BCUT2D eigenvalue weighted by atomic mass is 10.1. The van der Waals surface area contributed by atoms with Gasteiger partial charge in [-0.1, -0.05) is 69.7 Å². The minimum atomic E-state index is -1.05. The number of aliphatic carboxylic acids is 1. The van der Waals surface area contributed by atoms with Crippen LogP contribution in [0.1, 0.15) is 88.4 Å². The fourth-order valence-corrected chi connectivity index (χ4v) is 3.07. The number of hydrogen-bond donors (Lipinski definition) is 3. The molecule has 0 aliphatic heterocycles. The van der Waals surface area contributed by atoms with Crippen LogP contribution in [0.4, 0.5) is 5.69 Å². The molecule has 0 spiro atoms. The molecule has 0 saturated carbocycles. The highest BCUT2D eigenvalue weighted by Gasteiger charge is 2.17. The van der Waals surface area contributed by atoms with Gasteiger partial charge in [0, 0.05) is 12.2 Å². The van der Waals surface area contributed by atoms with Gasteiger partial charge in [-0.05, 0) is 44.7 Å². The summed E-state index contributed by atoms with van der Waals surface area (Å²) in [6.07, 6.45) is 17.1. The van der Waals surface area contributed by atoms with Crippen molar-refractivity contribution in [1.29, 1.82) is 0 Å². The van der Waals surface area contributed by atoms with Crippen molar-refractivity contribution in [2.45, 2.75) is 84.1 Å². The van der Waals surface area contributed by atoms with E-state index in [0.29, 0.717) is 5.56 Å². The molecule has 1 aromatic rings. The van der Waals surface area contributed by atoms with E-state index in [4.69, 9.17) is 5.11 Å². The maximum absolute atomic E-state index is 12.3. The van der Waals surface area contributed by atoms with Crippen LogP contribution >= 0.6 is 0 Å². The zero-order valence-corrected chi connectivity index (χ0v) is 18.1. The van der Waals surface area contributed by atoms with Crippen molar-refractivity contribution in [3.63, 3.8) is 0 Å². The Balaban J connectivity index is 2.22. The summed E-state index contributed by atoms with van der Waals surface area (Å²) < 4.78 is 0. The van der Waals surface area contributed by atoms with Gasteiger partial charge in [0.25, 0.3) is 5.91 Å². The molecule has 5 nitrogen and oxygen atoms in total. The van der Waals surface area contributed by atoms with Crippen LogP contribution in [-0.2, 0) is 4.79 Å². The molecule has 0 radical (unpaired) electrons. The van der Waals surface area contributed by atoms with Crippen molar-refractivity contribution < 1.29 is 14.7 Å². The van der Waals surface area contributed by atoms with Crippen LogP contribution in [0.5, 0.6) is 0 Å². The number of allylic oxidation sites excluding steroid dienone is 2. The Hall–Kier alpha value is -2.30. The number of amides is 1. The number of unbranched alkanes of at least 4 members (excludes halogenated alkanes) is 8. The van der Waals surface area contributed by atoms with Crippen molar-refractivity contribution in [2.24, 2.45) is 0 Å². The number of rotatable bonds is 16. The normalized spacial score (nSPS) is 12.1. The molecule has 1 atom stereocenters. The quantitative estimate of drug-likeness (QED) is 0.242. The monoisotopic (exact) mass is 402 g/mol. The van der Waals surface area contributed by atoms with Gasteiger partial charge in [0.05, 0.1) is 5.56 Å². The van der Waals surface area contributed by atoms with E-state index in [-0.39, 0.29) is 5.91 Å². The van der Waals surface area contributed by atoms with Crippen molar-refractivity contribution in [2.75, 3.05) is 11.9 Å². The minimum absolute atomic E-state index is 0.377. The number of carbonyl (C=O) groups excluding carboxylic acids is 1. The third kappa shape index (κ3) is 11.3. The van der Waals surface area contributed by atoms with Crippen LogP contribution in [0.2, 0.25) is 0 Å². The summed E-state index contributed by atoms with van der Waals surface area (Å²) in [5.74, 6) is -1.43. The van der Waals surface area contributed by atoms with E-state index >= 15 is 0 Å². The van der Waals surface area contributed by atoms with Crippen molar-refractivity contribution in [1.82, 2.24) is 5.32 Å². The van der Waals surface area contributed by atoms with Gasteiger partial charge in [-0.2, -0.15) is 0 Å². The maximum atomic E-state index is 12.3. The first-order valence-electron chi connectivity index (χ1n) is 11.1. The second kappa shape index (κ2) is 15.6. The predicted molar refractivity (Wildman–Crippen MR) is 120 cm³/mol. The molecule has 0 bridgehead atoms. The molecule has 1 aromatic carbocycles. The second-order valence-corrected chi connectivity index (χ2v) is 7.53. The number of carbonyl (C=O) groups is 2. The van der Waals surface area contributed by atoms with Gasteiger partial charge in [0.1, 0.15) is 6.04 Å². The first-order valence-corrected chi connectivity index (χ1v) is 11.1. The molecule has 162 valence electrons. The van der Waals surface area contributed by atoms with Gasteiger partial charge in [0.15, 0.2) is 0 Å². The van der Waals surface area contributed by atoms with Gasteiger partial charge in [0.2, 0.25) is 0 Å². The van der Waals surface area contributed by atoms with Crippen molar-refractivity contribution in [3.05, 3.63) is 42.0 Å². The maximum Gasteiger partial charge on any atom is 0.325 e. The van der Waals surface area contributed by atoms with Gasteiger partial charge in [-0.25, -0.2) is 0 Å². The van der Waals surface area contributed by atoms with Crippen LogP contribution < -0.4 is 10.6 Å². The number of anilines is 1. The number of hydrogen-bond acceptors (Lipinski definition) is 3. The Kier molecular flexibility index (Phi) is 13.3. The highest BCUT2D eigenvalue weighted by Crippen LogP contribution is 2.15. The molecule has 1 rings (SSSR count). The molecule has 1 amide bonds. The lowest BCUT2D eigenvalue weighted by molar-refractivity contribution is -0.138. The number of carboxylic acids is 1. The number of nitrogens with one attached hydrogen (secondary N) is 2. The average molecular weight is 403 g/mol. The molecule has 0 aromatic heterocycles. The van der Waals surface area contributed by atoms with Gasteiger partial charge < -0.3 is 15.7 Å². The standard InChI is InChI=1S/C24H38N2O3/c1-3-4-5-6-7-8-9-10-11-12-13-16-19-25-22-18-15-14-17-21(22)23(27)26-20(2)24(28)29/h11-12,14-15,17-18,20,25H,3-10,13,16,19H2,1-2H3,(H,26,27)(H,28,29)/b12-11+. The van der Waals surface area contributed by atoms with Crippen LogP contribution in [0.3, 0.4) is 0 Å². The van der Waals surface area contributed by atoms with E-state index in [1.807, 2.05) is 12.1 Å². The fraction of sp³-hybridized carbons (Fsp3) is 0.583. The summed E-state index contributed by atoms with van der Waals surface area (Å²) in [6.45, 7) is 4.47. The number of carboxylic acid groups (broad SMARTS) is 1. The second-order valence-electron chi connectivity index (χ2n) is 7.53. The third-order valence-electron chi connectivity index (χ3n) is 4.89. The van der Waals surface area contributed by atoms with E-state index < -0.39 is 12.0 Å². The minimum Gasteiger partial charge on any atom is -0.480 e. The van der Waals surface area contributed by atoms with Gasteiger partial charge >= 0.3 is 5.97 Å². The molecule has 1 unspecified atom stereocenters. The van der Waals surface area contributed by atoms with E-state index in [2.05, 4.69) is 29.7 Å². The summed E-state index contributed by atoms with van der Waals surface area (Å²) in [5, 5.41) is 14.7. The Bertz CT molecular complexity index is 628. The summed E-state index contributed by atoms with van der Waals surface area (Å²) >= 11 is 0. The summed E-state index contributed by atoms with van der Waals surface area (Å²) in [4.78, 5) is 23.2. The number of benzene rings is 1. The zero-order chi connectivity index (χ0) is 21.3. The third-order valence-corrected chi connectivity index (χ3v) is 4.89. The van der Waals surface area contributed by atoms with Crippen LogP contribution in [0.25, 0.3) is 0 Å². The van der Waals surface area contributed by atoms with Gasteiger partial charge in [-0.3, -0.25) is 9.59 Å². The van der Waals surface area contributed by atoms with Crippen LogP contribution in [0.15, 0.2) is 36.4 Å². The van der Waals surface area contributed by atoms with E-state index in [9.17, 15) is 9.59 Å². The predicted octanol–water partition coefficient (Wildman–Crippen LogP) is 5.78. The molecule has 29 heavy (non-hydrogen) atoms. The molecule has 0 saturated heterocycles. The summed E-state index contributed by atoms with van der Waals surface area (Å²) in [7, 11) is 0. The van der Waals surface area contributed by atoms with Crippen LogP contribution in [-0.4, -0.2) is 29.6 Å². The first kappa shape index (κ1) is 24.7. The SMILES string of the molecule is CCCCCCCCC/C=C/CCCNc1ccccc1C(=O)NC(C)C(=O)O. The smallest absolute Gasteiger partial charge is 0.325 e. The summed E-state index contributed by atoms with van der Waals surface area (Å²) in [5.41, 5.74) is 1.20. The fourth-order valence-electron chi connectivity index (χ4n) is 3.07. The Morgan fingerprint density at radius 1 is 0.966 bits per heavy atom. The van der Waals surface area contributed by atoms with Crippen molar-refractivity contribution in [3.8, 4) is 0 Å². The molecule has 3 N–H and O–H groups in total. The largest absolute Gasteiger partial charge is 0.480 e. The molecule has 0 aliphatic rings. The van der Waals surface area contributed by atoms with E-state index in [1.54, 1.807) is 12.1 Å². The highest BCUT2D eigenvalue weighted by molar-refractivity contribution is 6.01. The zero-order valence-electron chi connectivity index (χ0n) is 18.1. The molecule has 0 aliphatic carbocycles. The lowest BCUT2D eigenvalue weighted by Gasteiger charge is -2.13. The van der Waals surface area contributed by atoms with Gasteiger partial charge in [-0.15, -0.1) is 0 Å². The van der Waals surface area contributed by atoms with E-state index in [1.165, 1.54) is 51.9 Å². The highest BCUT2D eigenvalue weighted by atomic mass is 16.4. The molecule has 0 heterocycles. The summed E-state index contributed by atoms with van der Waals surface area (Å²) in [6, 6.07) is 6.27. The molecular formula is C24H38N2O3.